The van der Waals surface area contributed by atoms with Crippen molar-refractivity contribution in [2.75, 3.05) is 5.88 Å². The van der Waals surface area contributed by atoms with Gasteiger partial charge < -0.3 is 10.2 Å². The van der Waals surface area contributed by atoms with Gasteiger partial charge in [-0.2, -0.15) is 0 Å². The van der Waals surface area contributed by atoms with Gasteiger partial charge in [0.2, 0.25) is 0 Å². The lowest BCUT2D eigenvalue weighted by Crippen LogP contribution is -2.49. The Bertz CT molecular complexity index is 160. The molecule has 0 rings (SSSR count). The average molecular weight is 195 g/mol. The fourth-order valence-electron chi connectivity index (χ4n) is 1.05. The SMILES string of the molecule is CCC(=O)C(O)(CC)C(O)CCl. The minimum Gasteiger partial charge on any atom is -0.388 e. The van der Waals surface area contributed by atoms with Crippen molar-refractivity contribution < 1.29 is 15.0 Å². The van der Waals surface area contributed by atoms with Crippen LogP contribution < -0.4 is 0 Å². The van der Waals surface area contributed by atoms with E-state index in [-0.39, 0.29) is 24.5 Å². The second-order valence-electron chi connectivity index (χ2n) is 2.72. The first kappa shape index (κ1) is 11.9. The molecule has 3 nitrogen and oxygen atoms in total. The minimum absolute atomic E-state index is 0.129. The van der Waals surface area contributed by atoms with Crippen molar-refractivity contribution in [3.05, 3.63) is 0 Å². The molecule has 0 aliphatic carbocycles. The van der Waals surface area contributed by atoms with Gasteiger partial charge in [-0.3, -0.25) is 4.79 Å². The number of hydrogen-bond donors (Lipinski definition) is 2. The van der Waals surface area contributed by atoms with E-state index in [1.54, 1.807) is 13.8 Å². The maximum Gasteiger partial charge on any atom is 0.166 e. The number of aliphatic hydroxyl groups excluding tert-OH is 1. The van der Waals surface area contributed by atoms with E-state index in [0.717, 1.165) is 0 Å². The van der Waals surface area contributed by atoms with Crippen LogP contribution in [0.25, 0.3) is 0 Å². The van der Waals surface area contributed by atoms with E-state index in [4.69, 9.17) is 11.6 Å². The molecule has 0 fully saturated rings. The van der Waals surface area contributed by atoms with Crippen LogP contribution in [0.15, 0.2) is 0 Å². The molecule has 2 unspecified atom stereocenters. The highest BCUT2D eigenvalue weighted by Crippen LogP contribution is 2.19. The topological polar surface area (TPSA) is 57.5 Å². The van der Waals surface area contributed by atoms with Crippen LogP contribution in [0.1, 0.15) is 26.7 Å². The highest BCUT2D eigenvalue weighted by molar-refractivity contribution is 6.18. The van der Waals surface area contributed by atoms with Crippen molar-refractivity contribution in [3.8, 4) is 0 Å². The number of rotatable bonds is 5. The molecule has 2 N–H and O–H groups in total. The van der Waals surface area contributed by atoms with Crippen molar-refractivity contribution in [3.63, 3.8) is 0 Å². The molecule has 0 aliphatic heterocycles. The minimum atomic E-state index is -1.66. The Labute approximate surface area is 77.3 Å². The molecule has 0 aromatic carbocycles. The summed E-state index contributed by atoms with van der Waals surface area (Å²) in [5.74, 6) is -0.492. The molecule has 0 amide bonds. The maximum absolute atomic E-state index is 11.2. The van der Waals surface area contributed by atoms with Gasteiger partial charge in [0.05, 0.1) is 5.88 Å². The van der Waals surface area contributed by atoms with Crippen LogP contribution in [0.5, 0.6) is 0 Å². The Kier molecular flexibility index (Phi) is 4.75. The molecular weight excluding hydrogens is 180 g/mol. The van der Waals surface area contributed by atoms with Crippen molar-refractivity contribution in [2.24, 2.45) is 0 Å². The van der Waals surface area contributed by atoms with Crippen LogP contribution >= 0.6 is 11.6 Å². The summed E-state index contributed by atoms with van der Waals surface area (Å²) in [6.07, 6.45) is -0.775. The predicted molar refractivity (Wildman–Crippen MR) is 47.3 cm³/mol. The van der Waals surface area contributed by atoms with Crippen molar-refractivity contribution in [1.29, 1.82) is 0 Å². The van der Waals surface area contributed by atoms with Gasteiger partial charge in [0.1, 0.15) is 11.7 Å². The maximum atomic E-state index is 11.2. The molecule has 0 aromatic rings. The number of Topliss-reactive ketones (excluding diaryl/α,β-unsaturated/α-hetero) is 1. The molecule has 4 heteroatoms. The lowest BCUT2D eigenvalue weighted by atomic mass is 9.88. The van der Waals surface area contributed by atoms with E-state index in [9.17, 15) is 15.0 Å². The van der Waals surface area contributed by atoms with Gasteiger partial charge in [-0.05, 0) is 6.42 Å². The third kappa shape index (κ3) is 2.19. The van der Waals surface area contributed by atoms with Gasteiger partial charge in [-0.15, -0.1) is 11.6 Å². The molecule has 0 saturated carbocycles. The molecular formula is C8H15ClO3. The molecule has 0 spiro atoms. The number of carbonyl (C=O) groups excluding carboxylic acids is 1. The summed E-state index contributed by atoms with van der Waals surface area (Å²) in [6.45, 7) is 3.28. The largest absolute Gasteiger partial charge is 0.388 e. The quantitative estimate of drug-likeness (QED) is 0.634. The van der Waals surface area contributed by atoms with Crippen LogP contribution in [0.4, 0.5) is 0 Å². The normalized spacial score (nSPS) is 18.4. The highest BCUT2D eigenvalue weighted by atomic mass is 35.5. The van der Waals surface area contributed by atoms with Crippen LogP contribution in [0, 0.1) is 0 Å². The van der Waals surface area contributed by atoms with Gasteiger partial charge in [0.15, 0.2) is 5.78 Å². The van der Waals surface area contributed by atoms with Crippen LogP contribution in [0.2, 0.25) is 0 Å². The Morgan fingerprint density at radius 2 is 2.08 bits per heavy atom. The number of ketones is 1. The molecule has 0 radical (unpaired) electrons. The first-order valence-electron chi connectivity index (χ1n) is 4.02. The summed E-state index contributed by atoms with van der Waals surface area (Å²) in [5.41, 5.74) is -1.66. The smallest absolute Gasteiger partial charge is 0.166 e. The first-order chi connectivity index (χ1) is 5.52. The van der Waals surface area contributed by atoms with Gasteiger partial charge >= 0.3 is 0 Å². The zero-order valence-electron chi connectivity index (χ0n) is 7.38. The molecule has 12 heavy (non-hydrogen) atoms. The lowest BCUT2D eigenvalue weighted by molar-refractivity contribution is -0.148. The zero-order chi connectivity index (χ0) is 9.78. The number of hydrogen-bond acceptors (Lipinski definition) is 3. The summed E-state index contributed by atoms with van der Waals surface area (Å²) in [6, 6.07) is 0. The lowest BCUT2D eigenvalue weighted by Gasteiger charge is -2.28. The van der Waals surface area contributed by atoms with Crippen molar-refractivity contribution in [2.45, 2.75) is 38.4 Å². The monoisotopic (exact) mass is 194 g/mol. The van der Waals surface area contributed by atoms with E-state index in [0.29, 0.717) is 0 Å². The molecule has 0 saturated heterocycles. The number of alkyl halides is 1. The molecule has 2 atom stereocenters. The van der Waals surface area contributed by atoms with Crippen molar-refractivity contribution in [1.82, 2.24) is 0 Å². The van der Waals surface area contributed by atoms with Gasteiger partial charge in [-0.25, -0.2) is 0 Å². The summed E-state index contributed by atoms with van der Waals surface area (Å²) < 4.78 is 0. The fraction of sp³-hybridized carbons (Fsp3) is 0.875. The predicted octanol–water partition coefficient (Wildman–Crippen LogP) is 0.706. The average Bonchev–Trinajstić information content (AvgIpc) is 2.13. The summed E-state index contributed by atoms with van der Waals surface area (Å²) in [4.78, 5) is 11.2. The Morgan fingerprint density at radius 3 is 2.33 bits per heavy atom. The van der Waals surface area contributed by atoms with Crippen LogP contribution in [0.3, 0.4) is 0 Å². The van der Waals surface area contributed by atoms with E-state index >= 15 is 0 Å². The highest BCUT2D eigenvalue weighted by Gasteiger charge is 2.39. The number of aliphatic hydroxyl groups is 2. The number of carbonyl (C=O) groups is 1. The van der Waals surface area contributed by atoms with Crippen molar-refractivity contribution >= 4 is 17.4 Å². The molecule has 0 heterocycles. The third-order valence-electron chi connectivity index (χ3n) is 2.04. The summed E-state index contributed by atoms with van der Waals surface area (Å²) in [5, 5.41) is 18.9. The van der Waals surface area contributed by atoms with E-state index in [2.05, 4.69) is 0 Å². The van der Waals surface area contributed by atoms with Crippen LogP contribution in [-0.4, -0.2) is 33.6 Å². The second kappa shape index (κ2) is 4.80. The zero-order valence-corrected chi connectivity index (χ0v) is 8.14. The molecule has 72 valence electrons. The standard InChI is InChI=1S/C8H15ClO3/c1-3-6(10)8(12,4-2)7(11)5-9/h7,11-12H,3-5H2,1-2H3. The Balaban J connectivity index is 4.54. The molecule has 0 aliphatic rings. The van der Waals surface area contributed by atoms with E-state index < -0.39 is 11.7 Å². The van der Waals surface area contributed by atoms with Gasteiger partial charge in [-0.1, -0.05) is 13.8 Å². The summed E-state index contributed by atoms with van der Waals surface area (Å²) in [7, 11) is 0. The molecule has 0 aromatic heterocycles. The van der Waals surface area contributed by atoms with Crippen LogP contribution in [-0.2, 0) is 4.79 Å². The molecule has 0 bridgehead atoms. The van der Waals surface area contributed by atoms with E-state index in [1.807, 2.05) is 0 Å². The first-order valence-corrected chi connectivity index (χ1v) is 4.56. The fourth-order valence-corrected chi connectivity index (χ4v) is 1.31. The van der Waals surface area contributed by atoms with Gasteiger partial charge in [0, 0.05) is 6.42 Å². The third-order valence-corrected chi connectivity index (χ3v) is 2.33. The van der Waals surface area contributed by atoms with Gasteiger partial charge in [0.25, 0.3) is 0 Å². The second-order valence-corrected chi connectivity index (χ2v) is 3.03. The Hall–Kier alpha value is -0.120. The summed E-state index contributed by atoms with van der Waals surface area (Å²) >= 11 is 5.35. The van der Waals surface area contributed by atoms with E-state index in [1.165, 1.54) is 0 Å². The Morgan fingerprint density at radius 1 is 1.58 bits per heavy atom. The number of halogens is 1.